The fourth-order valence-corrected chi connectivity index (χ4v) is 8.47. The molecule has 0 heterocycles. The number of ether oxygens (including phenoxy) is 6. The molecule has 0 aromatic heterocycles. The van der Waals surface area contributed by atoms with Crippen molar-refractivity contribution in [2.75, 3.05) is 39.6 Å². The first-order valence-electron chi connectivity index (χ1n) is 24.1. The summed E-state index contributed by atoms with van der Waals surface area (Å²) >= 11 is 0. The predicted molar refractivity (Wildman–Crippen MR) is 255 cm³/mol. The van der Waals surface area contributed by atoms with Crippen LogP contribution < -0.4 is 28.4 Å². The Kier molecular flexibility index (Phi) is 17.8. The molecule has 0 amide bonds. The molecule has 0 fully saturated rings. The molecule has 0 unspecified atom stereocenters. The lowest BCUT2D eigenvalue weighted by molar-refractivity contribution is 0.260. The highest BCUT2D eigenvalue weighted by atomic mass is 16.5. The molecule has 6 nitrogen and oxygen atoms in total. The zero-order chi connectivity index (χ0) is 42.1. The molecule has 0 aliphatic carbocycles. The van der Waals surface area contributed by atoms with Gasteiger partial charge in [-0.15, -0.1) is 0 Å². The maximum atomic E-state index is 6.65. The summed E-state index contributed by atoms with van der Waals surface area (Å²) in [5.41, 5.74) is 0. The van der Waals surface area contributed by atoms with Gasteiger partial charge in [-0.05, 0) is 141 Å². The Bertz CT molecular complexity index is 1930. The van der Waals surface area contributed by atoms with Crippen LogP contribution in [-0.4, -0.2) is 39.6 Å². The van der Waals surface area contributed by atoms with Gasteiger partial charge < -0.3 is 28.4 Å². The highest BCUT2D eigenvalue weighted by Crippen LogP contribution is 2.51. The minimum Gasteiger partial charge on any atom is -0.494 e. The number of benzene rings is 6. The van der Waals surface area contributed by atoms with Crippen LogP contribution in [0.25, 0.3) is 53.9 Å². The van der Waals surface area contributed by atoms with Gasteiger partial charge in [-0.25, -0.2) is 0 Å². The van der Waals surface area contributed by atoms with Crippen molar-refractivity contribution in [3.05, 3.63) is 48.5 Å². The van der Waals surface area contributed by atoms with E-state index in [1.807, 2.05) is 0 Å². The normalized spacial score (nSPS) is 11.8. The van der Waals surface area contributed by atoms with Crippen molar-refractivity contribution in [2.24, 2.45) is 0 Å². The van der Waals surface area contributed by atoms with Gasteiger partial charge in [-0.1, -0.05) is 119 Å². The number of hydrogen-bond acceptors (Lipinski definition) is 6. The summed E-state index contributed by atoms with van der Waals surface area (Å²) in [6.45, 7) is 17.4. The van der Waals surface area contributed by atoms with E-state index in [0.29, 0.717) is 39.6 Å². The average molecular weight is 819 g/mol. The molecular formula is C54H74O6. The topological polar surface area (TPSA) is 55.4 Å². The van der Waals surface area contributed by atoms with Crippen LogP contribution >= 0.6 is 0 Å². The molecule has 0 radical (unpaired) electrons. The van der Waals surface area contributed by atoms with Gasteiger partial charge >= 0.3 is 0 Å². The van der Waals surface area contributed by atoms with Gasteiger partial charge in [0.15, 0.2) is 23.0 Å². The SMILES string of the molecule is CCCCCOc1cc2c3cc(OCCCCC)c(OCCCCC)cc3c3cc(OCCCCC)cc4c5cc(OCCCCC)c(OCCCCC)cc5c(c1)c2c34. The second-order valence-corrected chi connectivity index (χ2v) is 16.8. The second-order valence-electron chi connectivity index (χ2n) is 16.8. The van der Waals surface area contributed by atoms with Crippen LogP contribution in [0.3, 0.4) is 0 Å². The van der Waals surface area contributed by atoms with Crippen LogP contribution in [0.5, 0.6) is 34.5 Å². The van der Waals surface area contributed by atoms with E-state index in [1.165, 1.54) is 10.8 Å². The maximum Gasteiger partial charge on any atom is 0.161 e. The smallest absolute Gasteiger partial charge is 0.161 e. The molecule has 326 valence electrons. The van der Waals surface area contributed by atoms with Crippen molar-refractivity contribution in [2.45, 2.75) is 157 Å². The Morgan fingerprint density at radius 3 is 0.683 bits per heavy atom. The standard InChI is InChI=1S/C54H74O6/c1-7-13-19-25-55-39-31-45-41-35-49(57-27-21-15-9-3)51(59-29-23-17-11-5)37-43(41)47-33-40(56-26-20-14-8-2)34-48-44-38-52(60-30-24-18-12-6)50(58-28-22-16-10-4)36-42(44)46(32-39)53(45)54(47)48/h31-38H,7-30H2,1-6H3. The Balaban J connectivity index is 1.68. The molecule has 0 saturated carbocycles. The van der Waals surface area contributed by atoms with E-state index in [2.05, 4.69) is 90.1 Å². The van der Waals surface area contributed by atoms with Crippen molar-refractivity contribution in [1.29, 1.82) is 0 Å². The summed E-state index contributed by atoms with van der Waals surface area (Å²) in [4.78, 5) is 0. The molecule has 6 rings (SSSR count). The molecule has 6 aromatic rings. The van der Waals surface area contributed by atoms with E-state index < -0.39 is 0 Å². The summed E-state index contributed by atoms with van der Waals surface area (Å²) in [6.07, 6.45) is 19.8. The lowest BCUT2D eigenvalue weighted by atomic mass is 9.85. The van der Waals surface area contributed by atoms with Crippen LogP contribution in [0.4, 0.5) is 0 Å². The van der Waals surface area contributed by atoms with Crippen LogP contribution in [-0.2, 0) is 0 Å². The molecule has 0 saturated heterocycles. The van der Waals surface area contributed by atoms with Crippen molar-refractivity contribution in [1.82, 2.24) is 0 Å². The maximum absolute atomic E-state index is 6.65. The van der Waals surface area contributed by atoms with Crippen molar-refractivity contribution < 1.29 is 28.4 Å². The Hall–Kier alpha value is -4.32. The number of fused-ring (bicyclic) bond motifs is 6. The fourth-order valence-electron chi connectivity index (χ4n) is 8.47. The second kappa shape index (κ2) is 23.6. The molecule has 0 bridgehead atoms. The van der Waals surface area contributed by atoms with Crippen molar-refractivity contribution >= 4 is 53.9 Å². The molecular weight excluding hydrogens is 745 g/mol. The van der Waals surface area contributed by atoms with E-state index in [-0.39, 0.29) is 0 Å². The number of hydrogen-bond donors (Lipinski definition) is 0. The van der Waals surface area contributed by atoms with Crippen LogP contribution in [0.2, 0.25) is 0 Å². The zero-order valence-electron chi connectivity index (χ0n) is 38.0. The first-order valence-corrected chi connectivity index (χ1v) is 24.1. The van der Waals surface area contributed by atoms with E-state index in [9.17, 15) is 0 Å². The first kappa shape index (κ1) is 45.2. The van der Waals surface area contributed by atoms with Crippen molar-refractivity contribution in [3.8, 4) is 34.5 Å². The minimum absolute atomic E-state index is 0.657. The summed E-state index contributed by atoms with van der Waals surface area (Å²) in [6, 6.07) is 18.1. The third-order valence-electron chi connectivity index (χ3n) is 11.9. The molecule has 0 aliphatic heterocycles. The summed E-state index contributed by atoms with van der Waals surface area (Å²) in [5, 5.41) is 11.6. The van der Waals surface area contributed by atoms with E-state index in [0.717, 1.165) is 193 Å². The third kappa shape index (κ3) is 11.1. The highest BCUT2D eigenvalue weighted by Gasteiger charge is 2.23. The highest BCUT2D eigenvalue weighted by molar-refractivity contribution is 6.40. The van der Waals surface area contributed by atoms with Gasteiger partial charge in [-0.2, -0.15) is 0 Å². The monoisotopic (exact) mass is 819 g/mol. The van der Waals surface area contributed by atoms with Crippen LogP contribution in [0.1, 0.15) is 157 Å². The molecule has 0 atom stereocenters. The van der Waals surface area contributed by atoms with Crippen LogP contribution in [0.15, 0.2) is 48.5 Å². The van der Waals surface area contributed by atoms with E-state index >= 15 is 0 Å². The molecule has 60 heavy (non-hydrogen) atoms. The van der Waals surface area contributed by atoms with Crippen molar-refractivity contribution in [3.63, 3.8) is 0 Å². The third-order valence-corrected chi connectivity index (χ3v) is 11.9. The zero-order valence-corrected chi connectivity index (χ0v) is 38.0. The lowest BCUT2D eigenvalue weighted by Gasteiger charge is -2.22. The average Bonchev–Trinajstić information content (AvgIpc) is 3.26. The van der Waals surface area contributed by atoms with E-state index in [1.54, 1.807) is 0 Å². The minimum atomic E-state index is 0.657. The van der Waals surface area contributed by atoms with Gasteiger partial charge in [0.05, 0.1) is 39.6 Å². The summed E-state index contributed by atoms with van der Waals surface area (Å²) in [5.74, 6) is 5.01. The molecule has 0 N–H and O–H groups in total. The van der Waals surface area contributed by atoms with Gasteiger partial charge in [0.2, 0.25) is 0 Å². The van der Waals surface area contributed by atoms with Gasteiger partial charge in [0.1, 0.15) is 11.5 Å². The van der Waals surface area contributed by atoms with E-state index in [4.69, 9.17) is 28.4 Å². The Morgan fingerprint density at radius 2 is 0.467 bits per heavy atom. The lowest BCUT2D eigenvalue weighted by Crippen LogP contribution is -2.04. The Morgan fingerprint density at radius 1 is 0.250 bits per heavy atom. The quantitative estimate of drug-likeness (QED) is 0.0256. The van der Waals surface area contributed by atoms with Gasteiger partial charge in [0, 0.05) is 0 Å². The summed E-state index contributed by atoms with van der Waals surface area (Å²) in [7, 11) is 0. The molecule has 0 spiro atoms. The summed E-state index contributed by atoms with van der Waals surface area (Å²) < 4.78 is 39.8. The van der Waals surface area contributed by atoms with Gasteiger partial charge in [-0.3, -0.25) is 0 Å². The molecule has 0 aliphatic rings. The largest absolute Gasteiger partial charge is 0.494 e. The number of unbranched alkanes of at least 4 members (excludes halogenated alkanes) is 12. The molecule has 6 heteroatoms. The predicted octanol–water partition coefficient (Wildman–Crippen LogP) is 16.3. The molecule has 6 aromatic carbocycles. The van der Waals surface area contributed by atoms with Gasteiger partial charge in [0.25, 0.3) is 0 Å². The number of rotatable bonds is 30. The first-order chi connectivity index (χ1) is 29.6. The van der Waals surface area contributed by atoms with Crippen LogP contribution in [0, 0.1) is 0 Å². The Labute approximate surface area is 360 Å². The fraction of sp³-hybridized carbons (Fsp3) is 0.556.